The number of sulfonamides is 1. The molecular weight excluding hydrogens is 306 g/mol. The highest BCUT2D eigenvalue weighted by Gasteiger charge is 2.31. The van der Waals surface area contributed by atoms with Crippen molar-refractivity contribution < 1.29 is 8.42 Å². The molecule has 0 unspecified atom stereocenters. The molecule has 0 radical (unpaired) electrons. The summed E-state index contributed by atoms with van der Waals surface area (Å²) in [6.45, 7) is 0.465. The summed E-state index contributed by atoms with van der Waals surface area (Å²) in [5.74, 6) is 0.0714. The normalized spacial score (nSPS) is 20.3. The minimum absolute atomic E-state index is 0.0714. The van der Waals surface area contributed by atoms with E-state index >= 15 is 0 Å². The van der Waals surface area contributed by atoms with E-state index in [-0.39, 0.29) is 5.75 Å². The second-order valence-corrected chi connectivity index (χ2v) is 7.72. The molecule has 4 rings (SSSR count). The van der Waals surface area contributed by atoms with Gasteiger partial charge in [-0.2, -0.15) is 0 Å². The number of fused-ring (bicyclic) bond motifs is 2. The van der Waals surface area contributed by atoms with Crippen LogP contribution in [0.5, 0.6) is 0 Å². The van der Waals surface area contributed by atoms with Gasteiger partial charge in [0.1, 0.15) is 0 Å². The summed E-state index contributed by atoms with van der Waals surface area (Å²) >= 11 is 1.37. The van der Waals surface area contributed by atoms with Gasteiger partial charge in [-0.3, -0.25) is 0 Å². The van der Waals surface area contributed by atoms with E-state index in [9.17, 15) is 8.42 Å². The van der Waals surface area contributed by atoms with E-state index in [1.807, 2.05) is 23.6 Å². The van der Waals surface area contributed by atoms with Gasteiger partial charge >= 0.3 is 0 Å². The average Bonchev–Trinajstić information content (AvgIpc) is 3.01. The average molecular weight is 319 g/mol. The molecule has 0 saturated carbocycles. The smallest absolute Gasteiger partial charge is 0.257 e. The zero-order chi connectivity index (χ0) is 14.6. The van der Waals surface area contributed by atoms with Crippen LogP contribution in [0, 0.1) is 0 Å². The zero-order valence-corrected chi connectivity index (χ0v) is 13.0. The number of thioether (sulfide) groups is 1. The Morgan fingerprint density at radius 2 is 2.14 bits per heavy atom. The van der Waals surface area contributed by atoms with Crippen LogP contribution in [-0.2, 0) is 17.1 Å². The first-order valence-electron chi connectivity index (χ1n) is 6.56. The third-order valence-corrected chi connectivity index (χ3v) is 5.90. The molecule has 0 aliphatic carbocycles. The Morgan fingerprint density at radius 1 is 1.29 bits per heavy atom. The van der Waals surface area contributed by atoms with Crippen molar-refractivity contribution in [3.05, 3.63) is 41.4 Å². The summed E-state index contributed by atoms with van der Waals surface area (Å²) in [7, 11) is -1.26. The Balaban J connectivity index is 1.76. The van der Waals surface area contributed by atoms with Crippen LogP contribution in [0.4, 0.5) is 0 Å². The molecule has 0 bridgehead atoms. The first kappa shape index (κ1) is 13.0. The molecule has 0 atom stereocenters. The van der Waals surface area contributed by atoms with Crippen molar-refractivity contribution in [3.63, 3.8) is 0 Å². The van der Waals surface area contributed by atoms with Gasteiger partial charge in [-0.25, -0.2) is 8.42 Å². The molecule has 2 aromatic rings. The molecule has 1 aromatic carbocycles. The van der Waals surface area contributed by atoms with Gasteiger partial charge < -0.3 is 9.47 Å². The second-order valence-electron chi connectivity index (χ2n) is 5.13. The number of amidine groups is 1. The number of hydrogen-bond acceptors (Lipinski definition) is 4. The lowest BCUT2D eigenvalue weighted by atomic mass is 10.1. The van der Waals surface area contributed by atoms with Crippen LogP contribution in [0.1, 0.15) is 5.56 Å². The van der Waals surface area contributed by atoms with E-state index in [0.717, 1.165) is 11.3 Å². The molecule has 0 N–H and O–H groups in total. The Hall–Kier alpha value is -1.73. The molecule has 0 saturated heterocycles. The minimum atomic E-state index is -3.29. The highest BCUT2D eigenvalue weighted by molar-refractivity contribution is 8.17. The Labute approximate surface area is 127 Å². The largest absolute Gasteiger partial charge is 0.351 e. The number of benzene rings is 1. The summed E-state index contributed by atoms with van der Waals surface area (Å²) in [4.78, 5) is 1.98. The van der Waals surface area contributed by atoms with Crippen LogP contribution in [0.15, 0.2) is 40.3 Å². The fourth-order valence-corrected chi connectivity index (χ4v) is 4.81. The summed E-state index contributed by atoms with van der Waals surface area (Å²) in [6, 6.07) is 8.37. The van der Waals surface area contributed by atoms with E-state index < -0.39 is 10.0 Å². The summed E-state index contributed by atoms with van der Waals surface area (Å²) < 4.78 is 29.0. The van der Waals surface area contributed by atoms with Crippen LogP contribution >= 0.6 is 11.8 Å². The lowest BCUT2D eigenvalue weighted by Crippen LogP contribution is -2.34. The lowest BCUT2D eigenvalue weighted by molar-refractivity contribution is 0.567. The molecule has 2 aliphatic rings. The maximum atomic E-state index is 11.6. The first-order chi connectivity index (χ1) is 10.0. The highest BCUT2D eigenvalue weighted by atomic mass is 32.2. The standard InChI is InChI=1S/C14H13N3O2S2/c1-16-5-4-11-8-10(2-3-12(11)16)13-9-20-14-15-21(18,19)7-6-17(13)14/h2-5,8-9H,6-7H2,1H3. The Kier molecular flexibility index (Phi) is 2.71. The monoisotopic (exact) mass is 319 g/mol. The van der Waals surface area contributed by atoms with Crippen LogP contribution < -0.4 is 0 Å². The molecule has 0 spiro atoms. The Morgan fingerprint density at radius 3 is 3.00 bits per heavy atom. The fourth-order valence-electron chi connectivity index (χ4n) is 2.66. The van der Waals surface area contributed by atoms with Crippen molar-refractivity contribution in [1.29, 1.82) is 0 Å². The van der Waals surface area contributed by atoms with E-state index in [1.165, 1.54) is 22.7 Å². The van der Waals surface area contributed by atoms with Gasteiger partial charge in [0, 0.05) is 36.1 Å². The van der Waals surface area contributed by atoms with Crippen molar-refractivity contribution in [2.45, 2.75) is 0 Å². The number of aryl methyl sites for hydroxylation is 1. The predicted molar refractivity (Wildman–Crippen MR) is 86.4 cm³/mol. The van der Waals surface area contributed by atoms with Crippen molar-refractivity contribution in [2.75, 3.05) is 12.3 Å². The lowest BCUT2D eigenvalue weighted by Gasteiger charge is -2.25. The van der Waals surface area contributed by atoms with Crippen LogP contribution in [-0.4, -0.2) is 35.4 Å². The van der Waals surface area contributed by atoms with Crippen molar-refractivity contribution in [2.24, 2.45) is 11.4 Å². The molecule has 2 aliphatic heterocycles. The molecule has 3 heterocycles. The Bertz CT molecular complexity index is 909. The first-order valence-corrected chi connectivity index (χ1v) is 9.05. The highest BCUT2D eigenvalue weighted by Crippen LogP contribution is 2.36. The fraction of sp³-hybridized carbons (Fsp3) is 0.214. The number of aromatic nitrogens is 1. The second kappa shape index (κ2) is 4.38. The molecule has 0 amide bonds. The predicted octanol–water partition coefficient (Wildman–Crippen LogP) is 2.22. The number of nitrogens with zero attached hydrogens (tertiary/aromatic N) is 3. The molecular formula is C14H13N3O2S2. The van der Waals surface area contributed by atoms with Crippen molar-refractivity contribution in [1.82, 2.24) is 9.47 Å². The molecule has 1 aromatic heterocycles. The summed E-state index contributed by atoms with van der Waals surface area (Å²) in [5, 5.41) is 3.71. The van der Waals surface area contributed by atoms with Crippen molar-refractivity contribution in [3.8, 4) is 0 Å². The van der Waals surface area contributed by atoms with Gasteiger partial charge in [0.25, 0.3) is 10.0 Å². The molecule has 0 fully saturated rings. The van der Waals surface area contributed by atoms with Gasteiger partial charge in [-0.15, -0.1) is 4.40 Å². The van der Waals surface area contributed by atoms with Crippen molar-refractivity contribution >= 4 is 43.6 Å². The number of hydrogen-bond donors (Lipinski definition) is 0. The van der Waals surface area contributed by atoms with Gasteiger partial charge in [0.05, 0.1) is 11.4 Å². The van der Waals surface area contributed by atoms with Crippen LogP contribution in [0.25, 0.3) is 16.6 Å². The van der Waals surface area contributed by atoms with Gasteiger partial charge in [0.2, 0.25) is 0 Å². The maximum absolute atomic E-state index is 11.6. The SMILES string of the molecule is Cn1ccc2cc(C3=CSC4=NS(=O)(=O)CCN34)ccc21. The molecule has 108 valence electrons. The van der Waals surface area contributed by atoms with Gasteiger partial charge in [0.15, 0.2) is 5.17 Å². The van der Waals surface area contributed by atoms with E-state index in [4.69, 9.17) is 0 Å². The zero-order valence-electron chi connectivity index (χ0n) is 11.4. The summed E-state index contributed by atoms with van der Waals surface area (Å²) in [6.07, 6.45) is 2.03. The molecule has 5 nitrogen and oxygen atoms in total. The van der Waals surface area contributed by atoms with E-state index in [2.05, 4.69) is 33.2 Å². The topological polar surface area (TPSA) is 54.7 Å². The van der Waals surface area contributed by atoms with Crippen LogP contribution in [0.2, 0.25) is 0 Å². The summed E-state index contributed by atoms with van der Waals surface area (Å²) in [5.41, 5.74) is 3.30. The van der Waals surface area contributed by atoms with E-state index in [1.54, 1.807) is 0 Å². The van der Waals surface area contributed by atoms with Gasteiger partial charge in [-0.1, -0.05) is 17.8 Å². The third-order valence-electron chi connectivity index (χ3n) is 3.77. The molecule has 7 heteroatoms. The number of rotatable bonds is 1. The van der Waals surface area contributed by atoms with E-state index in [0.29, 0.717) is 11.7 Å². The minimum Gasteiger partial charge on any atom is -0.351 e. The van der Waals surface area contributed by atoms with Gasteiger partial charge in [-0.05, 0) is 23.8 Å². The maximum Gasteiger partial charge on any atom is 0.257 e. The van der Waals surface area contributed by atoms with Crippen LogP contribution in [0.3, 0.4) is 0 Å². The third kappa shape index (κ3) is 2.08. The molecule has 21 heavy (non-hydrogen) atoms. The quantitative estimate of drug-likeness (QED) is 0.809.